The van der Waals surface area contributed by atoms with Crippen LogP contribution in [0.2, 0.25) is 10.0 Å². The van der Waals surface area contributed by atoms with Gasteiger partial charge in [-0.05, 0) is 26.0 Å². The fourth-order valence-electron chi connectivity index (χ4n) is 1.94. The summed E-state index contributed by atoms with van der Waals surface area (Å²) in [4.78, 5) is 23.2. The second-order valence-corrected chi connectivity index (χ2v) is 5.49. The van der Waals surface area contributed by atoms with Crippen LogP contribution in [0.1, 0.15) is 12.7 Å². The number of anilines is 1. The van der Waals surface area contributed by atoms with Crippen molar-refractivity contribution in [3.05, 3.63) is 34.0 Å². The quantitative estimate of drug-likeness (QED) is 0.782. The van der Waals surface area contributed by atoms with Gasteiger partial charge in [-0.15, -0.1) is 0 Å². The predicted molar refractivity (Wildman–Crippen MR) is 90.4 cm³/mol. The average Bonchev–Trinajstić information content (AvgIpc) is 2.87. The molecule has 0 unspecified atom stereocenters. The second kappa shape index (κ2) is 8.03. The molecule has 1 aromatic heterocycles. The maximum atomic E-state index is 12.0. The first-order valence-electron chi connectivity index (χ1n) is 7.05. The van der Waals surface area contributed by atoms with Gasteiger partial charge in [0.1, 0.15) is 17.9 Å². The van der Waals surface area contributed by atoms with Crippen molar-refractivity contribution in [1.29, 1.82) is 0 Å². The van der Waals surface area contributed by atoms with E-state index in [0.29, 0.717) is 32.8 Å². The number of esters is 1. The number of ether oxygens (including phenoxy) is 1. The van der Waals surface area contributed by atoms with Gasteiger partial charge in [-0.2, -0.15) is 0 Å². The summed E-state index contributed by atoms with van der Waals surface area (Å²) in [6.07, 6.45) is 0. The molecule has 1 heterocycles. The van der Waals surface area contributed by atoms with Crippen molar-refractivity contribution in [2.75, 3.05) is 18.5 Å². The van der Waals surface area contributed by atoms with E-state index in [4.69, 9.17) is 32.5 Å². The summed E-state index contributed by atoms with van der Waals surface area (Å²) in [6.45, 7) is 3.29. The monoisotopic (exact) mass is 371 g/mol. The van der Waals surface area contributed by atoms with Crippen LogP contribution in [0.5, 0.6) is 0 Å². The minimum Gasteiger partial charge on any atom is -0.465 e. The van der Waals surface area contributed by atoms with Crippen LogP contribution in [0.15, 0.2) is 22.7 Å². The molecule has 0 saturated heterocycles. The normalized spacial score (nSPS) is 10.3. The van der Waals surface area contributed by atoms with E-state index >= 15 is 0 Å². The molecule has 0 aliphatic carbocycles. The van der Waals surface area contributed by atoms with Crippen LogP contribution in [0, 0.1) is 6.92 Å². The van der Waals surface area contributed by atoms with Crippen molar-refractivity contribution in [2.24, 2.45) is 0 Å². The smallest absolute Gasteiger partial charge is 0.325 e. The molecule has 7 nitrogen and oxygen atoms in total. The Bertz CT molecular complexity index is 741. The van der Waals surface area contributed by atoms with Gasteiger partial charge in [0, 0.05) is 5.56 Å². The summed E-state index contributed by atoms with van der Waals surface area (Å²) in [5.74, 6) is -0.170. The van der Waals surface area contributed by atoms with Crippen LogP contribution < -0.4 is 10.6 Å². The Morgan fingerprint density at radius 1 is 1.29 bits per heavy atom. The third kappa shape index (κ3) is 4.18. The lowest BCUT2D eigenvalue weighted by Crippen LogP contribution is -2.34. The zero-order chi connectivity index (χ0) is 17.7. The number of benzene rings is 1. The van der Waals surface area contributed by atoms with Crippen molar-refractivity contribution in [3.63, 3.8) is 0 Å². The molecule has 2 N–H and O–H groups in total. The SMILES string of the molecule is CCOC(=O)CNC(=O)Nc1c(-c2c(Cl)cccc2Cl)noc1C. The molecule has 2 aromatic rings. The summed E-state index contributed by atoms with van der Waals surface area (Å²) in [5.41, 5.74) is 1.05. The first-order chi connectivity index (χ1) is 11.4. The van der Waals surface area contributed by atoms with E-state index in [2.05, 4.69) is 15.8 Å². The standard InChI is InChI=1S/C15H15Cl2N3O4/c1-3-23-11(21)7-18-15(22)19-13-8(2)24-20-14(13)12-9(16)5-4-6-10(12)17/h4-6H,3,7H2,1-2H3,(H2,18,19,22). The van der Waals surface area contributed by atoms with Gasteiger partial charge in [0.25, 0.3) is 0 Å². The molecule has 9 heteroatoms. The number of aromatic nitrogens is 1. The van der Waals surface area contributed by atoms with E-state index in [9.17, 15) is 9.59 Å². The highest BCUT2D eigenvalue weighted by Gasteiger charge is 2.21. The molecule has 0 fully saturated rings. The average molecular weight is 372 g/mol. The first-order valence-corrected chi connectivity index (χ1v) is 7.80. The lowest BCUT2D eigenvalue weighted by Gasteiger charge is -2.09. The molecule has 2 rings (SSSR count). The van der Waals surface area contributed by atoms with Crippen LogP contribution in [0.3, 0.4) is 0 Å². The van der Waals surface area contributed by atoms with Crippen molar-refractivity contribution in [2.45, 2.75) is 13.8 Å². The largest absolute Gasteiger partial charge is 0.465 e. The first kappa shape index (κ1) is 18.1. The molecular weight excluding hydrogens is 357 g/mol. The van der Waals surface area contributed by atoms with Crippen molar-refractivity contribution in [3.8, 4) is 11.3 Å². The van der Waals surface area contributed by atoms with E-state index in [1.54, 1.807) is 32.0 Å². The van der Waals surface area contributed by atoms with Gasteiger partial charge in [-0.1, -0.05) is 34.4 Å². The number of urea groups is 1. The number of rotatable bonds is 5. The number of amides is 2. The lowest BCUT2D eigenvalue weighted by atomic mass is 10.1. The lowest BCUT2D eigenvalue weighted by molar-refractivity contribution is -0.141. The highest BCUT2D eigenvalue weighted by atomic mass is 35.5. The van der Waals surface area contributed by atoms with Crippen molar-refractivity contribution >= 4 is 40.9 Å². The number of hydrogen-bond donors (Lipinski definition) is 2. The van der Waals surface area contributed by atoms with Crippen LogP contribution in [0.4, 0.5) is 10.5 Å². The van der Waals surface area contributed by atoms with E-state index in [1.165, 1.54) is 0 Å². The fraction of sp³-hybridized carbons (Fsp3) is 0.267. The Morgan fingerprint density at radius 3 is 2.58 bits per heavy atom. The Hall–Kier alpha value is -2.25. The van der Waals surface area contributed by atoms with Crippen LogP contribution in [0.25, 0.3) is 11.3 Å². The Kier molecular flexibility index (Phi) is 6.05. The molecule has 2 amide bonds. The molecule has 128 valence electrons. The number of halogens is 2. The highest BCUT2D eigenvalue weighted by Crippen LogP contribution is 2.39. The third-order valence-electron chi connectivity index (χ3n) is 3.00. The number of carbonyl (C=O) groups excluding carboxylic acids is 2. The number of nitrogens with one attached hydrogen (secondary N) is 2. The summed E-state index contributed by atoms with van der Waals surface area (Å²) < 4.78 is 9.85. The van der Waals surface area contributed by atoms with Gasteiger partial charge in [0.2, 0.25) is 0 Å². The molecule has 0 aliphatic heterocycles. The van der Waals surface area contributed by atoms with Gasteiger partial charge in [-0.25, -0.2) is 4.79 Å². The molecular formula is C15H15Cl2N3O4. The van der Waals surface area contributed by atoms with Crippen LogP contribution in [-0.2, 0) is 9.53 Å². The topological polar surface area (TPSA) is 93.5 Å². The van der Waals surface area contributed by atoms with Crippen LogP contribution in [-0.4, -0.2) is 30.3 Å². The minimum atomic E-state index is -0.612. The summed E-state index contributed by atoms with van der Waals surface area (Å²) in [6, 6.07) is 4.38. The van der Waals surface area contributed by atoms with E-state index < -0.39 is 12.0 Å². The van der Waals surface area contributed by atoms with Gasteiger partial charge < -0.3 is 19.9 Å². The van der Waals surface area contributed by atoms with Crippen LogP contribution >= 0.6 is 23.2 Å². The fourth-order valence-corrected chi connectivity index (χ4v) is 2.51. The molecule has 1 aromatic carbocycles. The number of nitrogens with zero attached hydrogens (tertiary/aromatic N) is 1. The Labute approximate surface area is 148 Å². The molecule has 0 bridgehead atoms. The third-order valence-corrected chi connectivity index (χ3v) is 3.63. The van der Waals surface area contributed by atoms with E-state index in [-0.39, 0.29) is 13.2 Å². The summed E-state index contributed by atoms with van der Waals surface area (Å²) in [7, 11) is 0. The zero-order valence-electron chi connectivity index (χ0n) is 13.0. The molecule has 0 atom stereocenters. The summed E-state index contributed by atoms with van der Waals surface area (Å²) >= 11 is 12.3. The molecule has 0 spiro atoms. The van der Waals surface area contributed by atoms with Gasteiger partial charge >= 0.3 is 12.0 Å². The zero-order valence-corrected chi connectivity index (χ0v) is 14.5. The highest BCUT2D eigenvalue weighted by molar-refractivity contribution is 6.39. The Balaban J connectivity index is 2.19. The molecule has 0 aliphatic rings. The van der Waals surface area contributed by atoms with Crippen molar-refractivity contribution < 1.29 is 18.8 Å². The van der Waals surface area contributed by atoms with Gasteiger partial charge in [-0.3, -0.25) is 4.79 Å². The molecule has 0 radical (unpaired) electrons. The predicted octanol–water partition coefficient (Wildman–Crippen LogP) is 3.64. The summed E-state index contributed by atoms with van der Waals surface area (Å²) in [5, 5.41) is 9.60. The van der Waals surface area contributed by atoms with Gasteiger partial charge in [0.05, 0.1) is 16.7 Å². The maximum Gasteiger partial charge on any atom is 0.325 e. The molecule has 24 heavy (non-hydrogen) atoms. The van der Waals surface area contributed by atoms with Gasteiger partial charge in [0.15, 0.2) is 5.76 Å². The number of aryl methyl sites for hydroxylation is 1. The second-order valence-electron chi connectivity index (χ2n) is 4.67. The Morgan fingerprint density at radius 2 is 1.96 bits per heavy atom. The van der Waals surface area contributed by atoms with E-state index in [1.807, 2.05) is 0 Å². The number of hydrogen-bond acceptors (Lipinski definition) is 5. The maximum absolute atomic E-state index is 12.0. The molecule has 0 saturated carbocycles. The number of carbonyl (C=O) groups is 2. The minimum absolute atomic E-state index is 0.238. The van der Waals surface area contributed by atoms with E-state index in [0.717, 1.165) is 0 Å². The van der Waals surface area contributed by atoms with Crippen molar-refractivity contribution in [1.82, 2.24) is 10.5 Å².